The lowest BCUT2D eigenvalue weighted by Crippen LogP contribution is -2.44. The van der Waals surface area contributed by atoms with Crippen molar-refractivity contribution in [2.45, 2.75) is 12.5 Å². The van der Waals surface area contributed by atoms with E-state index in [4.69, 9.17) is 27.9 Å². The van der Waals surface area contributed by atoms with Gasteiger partial charge >= 0.3 is 5.97 Å². The normalized spacial score (nSPS) is 11.9. The van der Waals surface area contributed by atoms with Gasteiger partial charge in [-0.1, -0.05) is 41.4 Å². The van der Waals surface area contributed by atoms with E-state index in [1.807, 2.05) is 24.3 Å². The molecule has 6 nitrogen and oxygen atoms in total. The van der Waals surface area contributed by atoms with Crippen molar-refractivity contribution in [1.29, 1.82) is 0 Å². The van der Waals surface area contributed by atoms with Crippen LogP contribution < -0.4 is 10.1 Å². The zero-order chi connectivity index (χ0) is 19.4. The van der Waals surface area contributed by atoms with E-state index in [2.05, 4.69) is 10.3 Å². The molecule has 0 fully saturated rings. The van der Waals surface area contributed by atoms with Gasteiger partial charge < -0.3 is 20.1 Å². The molecule has 0 saturated carbocycles. The number of aromatic nitrogens is 1. The number of carbonyl (C=O) groups excluding carboxylic acids is 1. The monoisotopic (exact) mass is 406 g/mol. The SMILES string of the molecule is O=C(COc1ccc(Cl)cc1Cl)N[C@@H](Cc1c[nH]c2ccccc12)C(=O)O. The molecule has 140 valence electrons. The molecule has 1 heterocycles. The fourth-order valence-electron chi connectivity index (χ4n) is 2.69. The molecule has 0 aliphatic heterocycles. The van der Waals surface area contributed by atoms with Crippen molar-refractivity contribution in [3.63, 3.8) is 0 Å². The number of benzene rings is 2. The number of ether oxygens (including phenoxy) is 1. The van der Waals surface area contributed by atoms with Crippen LogP contribution in [0.2, 0.25) is 10.0 Å². The number of hydrogen-bond acceptors (Lipinski definition) is 3. The molecule has 0 unspecified atom stereocenters. The lowest BCUT2D eigenvalue weighted by molar-refractivity contribution is -0.142. The minimum absolute atomic E-state index is 0.146. The molecule has 1 amide bonds. The second-order valence-corrected chi connectivity index (χ2v) is 6.73. The third kappa shape index (κ3) is 4.72. The number of carboxylic acids is 1. The van der Waals surface area contributed by atoms with Crippen LogP contribution in [-0.2, 0) is 16.0 Å². The van der Waals surface area contributed by atoms with Crippen molar-refractivity contribution >= 4 is 46.0 Å². The number of H-pyrrole nitrogens is 1. The third-order valence-electron chi connectivity index (χ3n) is 3.98. The first kappa shape index (κ1) is 19.1. The fraction of sp³-hybridized carbons (Fsp3) is 0.158. The molecule has 0 saturated heterocycles. The van der Waals surface area contributed by atoms with Crippen LogP contribution in [0.5, 0.6) is 5.75 Å². The van der Waals surface area contributed by atoms with Gasteiger partial charge in [-0.3, -0.25) is 4.79 Å². The van der Waals surface area contributed by atoms with Crippen molar-refractivity contribution < 1.29 is 19.4 Å². The first-order valence-electron chi connectivity index (χ1n) is 8.09. The number of para-hydroxylation sites is 1. The summed E-state index contributed by atoms with van der Waals surface area (Å²) in [5, 5.41) is 13.6. The van der Waals surface area contributed by atoms with Crippen LogP contribution in [0.1, 0.15) is 5.56 Å². The van der Waals surface area contributed by atoms with E-state index >= 15 is 0 Å². The summed E-state index contributed by atoms with van der Waals surface area (Å²) in [5.41, 5.74) is 1.71. The average molecular weight is 407 g/mol. The number of halogens is 2. The largest absolute Gasteiger partial charge is 0.482 e. The summed E-state index contributed by atoms with van der Waals surface area (Å²) in [6, 6.07) is 11.1. The van der Waals surface area contributed by atoms with Gasteiger partial charge in [0.2, 0.25) is 0 Å². The van der Waals surface area contributed by atoms with Gasteiger partial charge in [-0.15, -0.1) is 0 Å². The molecule has 0 spiro atoms. The Balaban J connectivity index is 1.63. The van der Waals surface area contributed by atoms with E-state index in [-0.39, 0.29) is 18.1 Å². The van der Waals surface area contributed by atoms with E-state index in [9.17, 15) is 14.7 Å². The highest BCUT2D eigenvalue weighted by Crippen LogP contribution is 2.27. The summed E-state index contributed by atoms with van der Waals surface area (Å²) in [6.07, 6.45) is 1.89. The predicted molar refractivity (Wildman–Crippen MR) is 104 cm³/mol. The summed E-state index contributed by atoms with van der Waals surface area (Å²) >= 11 is 11.8. The molecular formula is C19H16Cl2N2O4. The minimum atomic E-state index is -1.13. The van der Waals surface area contributed by atoms with Crippen LogP contribution in [0, 0.1) is 0 Å². The average Bonchev–Trinajstić information content (AvgIpc) is 3.03. The molecule has 3 aromatic rings. The van der Waals surface area contributed by atoms with Gasteiger partial charge in [0.1, 0.15) is 11.8 Å². The van der Waals surface area contributed by atoms with E-state index in [1.165, 1.54) is 6.07 Å². The molecule has 2 aromatic carbocycles. The Hall–Kier alpha value is -2.70. The highest BCUT2D eigenvalue weighted by atomic mass is 35.5. The molecule has 0 bridgehead atoms. The van der Waals surface area contributed by atoms with E-state index in [1.54, 1.807) is 18.3 Å². The highest BCUT2D eigenvalue weighted by Gasteiger charge is 2.22. The van der Waals surface area contributed by atoms with Crippen LogP contribution >= 0.6 is 23.2 Å². The Labute approximate surface area is 165 Å². The van der Waals surface area contributed by atoms with Crippen LogP contribution in [0.25, 0.3) is 10.9 Å². The lowest BCUT2D eigenvalue weighted by Gasteiger charge is -2.15. The molecule has 3 N–H and O–H groups in total. The predicted octanol–water partition coefficient (Wildman–Crippen LogP) is 3.67. The number of rotatable bonds is 7. The van der Waals surface area contributed by atoms with Crippen molar-refractivity contribution in [2.75, 3.05) is 6.61 Å². The summed E-state index contributed by atoms with van der Waals surface area (Å²) in [6.45, 7) is -0.362. The summed E-state index contributed by atoms with van der Waals surface area (Å²) in [5.74, 6) is -1.40. The van der Waals surface area contributed by atoms with Crippen LogP contribution in [0.3, 0.4) is 0 Å². The number of hydrogen-bond donors (Lipinski definition) is 3. The molecule has 0 radical (unpaired) electrons. The van der Waals surface area contributed by atoms with Crippen LogP contribution in [0.4, 0.5) is 0 Å². The number of carbonyl (C=O) groups is 2. The number of fused-ring (bicyclic) bond motifs is 1. The quantitative estimate of drug-likeness (QED) is 0.558. The summed E-state index contributed by atoms with van der Waals surface area (Å²) in [4.78, 5) is 26.8. The molecular weight excluding hydrogens is 391 g/mol. The molecule has 8 heteroatoms. The molecule has 1 atom stereocenters. The maximum atomic E-state index is 12.1. The first-order chi connectivity index (χ1) is 12.9. The molecule has 3 rings (SSSR count). The van der Waals surface area contributed by atoms with Crippen molar-refractivity contribution in [3.05, 3.63) is 64.3 Å². The Morgan fingerprint density at radius 3 is 2.70 bits per heavy atom. The number of carboxylic acid groups (broad SMARTS) is 1. The molecule has 27 heavy (non-hydrogen) atoms. The second-order valence-electron chi connectivity index (χ2n) is 5.89. The number of aromatic amines is 1. The van der Waals surface area contributed by atoms with Gasteiger partial charge in [-0.2, -0.15) is 0 Å². The van der Waals surface area contributed by atoms with Crippen molar-refractivity contribution in [3.8, 4) is 5.75 Å². The number of amides is 1. The topological polar surface area (TPSA) is 91.4 Å². The maximum Gasteiger partial charge on any atom is 0.326 e. The van der Waals surface area contributed by atoms with Gasteiger partial charge in [0, 0.05) is 28.5 Å². The Kier molecular flexibility index (Phi) is 5.88. The highest BCUT2D eigenvalue weighted by molar-refractivity contribution is 6.35. The van der Waals surface area contributed by atoms with Gasteiger partial charge in [0.15, 0.2) is 6.61 Å². The smallest absolute Gasteiger partial charge is 0.326 e. The minimum Gasteiger partial charge on any atom is -0.482 e. The molecule has 0 aliphatic carbocycles. The van der Waals surface area contributed by atoms with Crippen molar-refractivity contribution in [1.82, 2.24) is 10.3 Å². The van der Waals surface area contributed by atoms with Crippen molar-refractivity contribution in [2.24, 2.45) is 0 Å². The first-order valence-corrected chi connectivity index (χ1v) is 8.84. The molecule has 1 aromatic heterocycles. The Bertz CT molecular complexity index is 987. The third-order valence-corrected chi connectivity index (χ3v) is 4.52. The van der Waals surface area contributed by atoms with Gasteiger partial charge in [0.25, 0.3) is 5.91 Å². The van der Waals surface area contributed by atoms with Crippen LogP contribution in [0.15, 0.2) is 48.7 Å². The zero-order valence-corrected chi connectivity index (χ0v) is 15.6. The van der Waals surface area contributed by atoms with Crippen LogP contribution in [-0.4, -0.2) is 34.6 Å². The van der Waals surface area contributed by atoms with E-state index in [0.29, 0.717) is 10.8 Å². The zero-order valence-electron chi connectivity index (χ0n) is 14.0. The Morgan fingerprint density at radius 1 is 1.19 bits per heavy atom. The fourth-order valence-corrected chi connectivity index (χ4v) is 3.16. The van der Waals surface area contributed by atoms with Gasteiger partial charge in [-0.25, -0.2) is 4.79 Å². The Morgan fingerprint density at radius 2 is 1.96 bits per heavy atom. The van der Waals surface area contributed by atoms with Gasteiger partial charge in [0.05, 0.1) is 5.02 Å². The maximum absolute atomic E-state index is 12.1. The summed E-state index contributed by atoms with van der Waals surface area (Å²) in [7, 11) is 0. The summed E-state index contributed by atoms with van der Waals surface area (Å²) < 4.78 is 5.34. The number of aliphatic carboxylic acids is 1. The van der Waals surface area contributed by atoms with Gasteiger partial charge in [-0.05, 0) is 29.8 Å². The lowest BCUT2D eigenvalue weighted by atomic mass is 10.1. The standard InChI is InChI=1S/C19H16Cl2N2O4/c20-12-5-6-17(14(21)8-12)27-10-18(24)23-16(19(25)26)7-11-9-22-15-4-2-1-3-13(11)15/h1-6,8-9,16,22H,7,10H2,(H,23,24)(H,25,26)/t16-/m0/s1. The van der Waals surface area contributed by atoms with E-state index in [0.717, 1.165) is 16.5 Å². The number of nitrogens with one attached hydrogen (secondary N) is 2. The molecule has 0 aliphatic rings. The second kappa shape index (κ2) is 8.33. The van der Waals surface area contributed by atoms with E-state index < -0.39 is 17.9 Å².